The number of hydrogen-bond acceptors (Lipinski definition) is 6. The lowest BCUT2D eigenvalue weighted by molar-refractivity contribution is -0.167. The monoisotopic (exact) mass is 891 g/mol. The maximum absolute atomic E-state index is 12.8. The maximum Gasteiger partial charge on any atom is 0.306 e. The minimum Gasteiger partial charge on any atom is -0.462 e. The third kappa shape index (κ3) is 48.2. The van der Waals surface area contributed by atoms with Crippen molar-refractivity contribution in [2.24, 2.45) is 17.8 Å². The quantitative estimate of drug-likeness (QED) is 0.0344. The van der Waals surface area contributed by atoms with Crippen LogP contribution in [0.4, 0.5) is 0 Å². The number of esters is 3. The van der Waals surface area contributed by atoms with Crippen molar-refractivity contribution in [3.8, 4) is 0 Å². The third-order valence-corrected chi connectivity index (χ3v) is 13.6. The standard InChI is InChI=1S/C57H110O6/c1-7-52(5)44-38-32-26-20-17-18-22-29-35-41-47-56(59)62-50-54(63-57(60)48-42-36-30-24-23-27-33-39-45-53(6)8-2)49-61-55(58)46-40-34-28-21-16-14-12-10-9-11-13-15-19-25-31-37-43-51(3)4/h51-54H,7-50H2,1-6H3/t52?,53?,54-/m1/s1. The van der Waals surface area contributed by atoms with Gasteiger partial charge in [-0.3, -0.25) is 14.4 Å². The van der Waals surface area contributed by atoms with Crippen LogP contribution in [0, 0.1) is 17.8 Å². The van der Waals surface area contributed by atoms with Crippen LogP contribution in [-0.4, -0.2) is 37.2 Å². The Morgan fingerprint density at radius 2 is 0.556 bits per heavy atom. The fourth-order valence-corrected chi connectivity index (χ4v) is 8.58. The average molecular weight is 892 g/mol. The van der Waals surface area contributed by atoms with Gasteiger partial charge in [0.2, 0.25) is 0 Å². The Kier molecular flexibility index (Phi) is 47.1. The molecule has 3 atom stereocenters. The molecule has 0 saturated heterocycles. The minimum atomic E-state index is -0.764. The number of rotatable bonds is 50. The summed E-state index contributed by atoms with van der Waals surface area (Å²) in [5.74, 6) is 1.72. The smallest absolute Gasteiger partial charge is 0.306 e. The second kappa shape index (κ2) is 48.3. The molecular formula is C57H110O6. The van der Waals surface area contributed by atoms with Crippen molar-refractivity contribution in [1.82, 2.24) is 0 Å². The van der Waals surface area contributed by atoms with Crippen LogP contribution < -0.4 is 0 Å². The summed E-state index contributed by atoms with van der Waals surface area (Å²) in [6.45, 7) is 13.8. The van der Waals surface area contributed by atoms with Gasteiger partial charge in [0.05, 0.1) is 0 Å². The van der Waals surface area contributed by atoms with E-state index in [2.05, 4.69) is 41.5 Å². The van der Waals surface area contributed by atoms with Gasteiger partial charge in [0.15, 0.2) is 6.10 Å². The predicted octanol–water partition coefficient (Wildman–Crippen LogP) is 18.3. The Morgan fingerprint density at radius 3 is 0.825 bits per heavy atom. The van der Waals surface area contributed by atoms with E-state index in [-0.39, 0.29) is 31.1 Å². The first-order valence-corrected chi connectivity index (χ1v) is 28.2. The number of unbranched alkanes of at least 4 members (excludes halogenated alkanes) is 31. The summed E-state index contributed by atoms with van der Waals surface area (Å²) in [5, 5.41) is 0. The first kappa shape index (κ1) is 61.4. The zero-order valence-electron chi connectivity index (χ0n) is 43.4. The molecule has 0 N–H and O–H groups in total. The third-order valence-electron chi connectivity index (χ3n) is 13.6. The summed E-state index contributed by atoms with van der Waals surface area (Å²) in [5.41, 5.74) is 0. The van der Waals surface area contributed by atoms with Crippen molar-refractivity contribution in [2.45, 2.75) is 317 Å². The molecule has 0 heterocycles. The van der Waals surface area contributed by atoms with Crippen LogP contribution in [0.1, 0.15) is 311 Å². The molecule has 0 radical (unpaired) electrons. The molecule has 0 spiro atoms. The van der Waals surface area contributed by atoms with E-state index in [0.717, 1.165) is 75.5 Å². The highest BCUT2D eigenvalue weighted by Crippen LogP contribution is 2.19. The van der Waals surface area contributed by atoms with Gasteiger partial charge in [0, 0.05) is 19.3 Å². The summed E-state index contributed by atoms with van der Waals surface area (Å²) in [6.07, 6.45) is 49.4. The first-order chi connectivity index (χ1) is 30.7. The van der Waals surface area contributed by atoms with Crippen LogP contribution >= 0.6 is 0 Å². The Labute approximate surface area is 393 Å². The molecule has 0 aromatic heterocycles. The molecule has 0 aliphatic carbocycles. The van der Waals surface area contributed by atoms with Crippen LogP contribution in [0.15, 0.2) is 0 Å². The van der Waals surface area contributed by atoms with Gasteiger partial charge in [-0.05, 0) is 37.0 Å². The van der Waals surface area contributed by atoms with Gasteiger partial charge in [-0.25, -0.2) is 0 Å². The van der Waals surface area contributed by atoms with Crippen molar-refractivity contribution in [3.05, 3.63) is 0 Å². The molecule has 0 amide bonds. The first-order valence-electron chi connectivity index (χ1n) is 28.2. The van der Waals surface area contributed by atoms with E-state index in [1.165, 1.54) is 193 Å². The lowest BCUT2D eigenvalue weighted by atomic mass is 9.99. The molecule has 0 bridgehead atoms. The number of carbonyl (C=O) groups excluding carboxylic acids is 3. The SMILES string of the molecule is CCC(C)CCCCCCCCCCCCC(=O)OC[C@@H](COC(=O)CCCCCCCCCCCCCCCCCCC(C)C)OC(=O)CCCCCCCCCCC(C)CC. The summed E-state index contributed by atoms with van der Waals surface area (Å²) in [4.78, 5) is 38.1. The Balaban J connectivity index is 4.28. The normalized spacial score (nSPS) is 13.0. The average Bonchev–Trinajstić information content (AvgIpc) is 3.27. The van der Waals surface area contributed by atoms with Gasteiger partial charge in [-0.1, -0.05) is 273 Å². The van der Waals surface area contributed by atoms with Gasteiger partial charge >= 0.3 is 17.9 Å². The molecule has 0 saturated carbocycles. The van der Waals surface area contributed by atoms with E-state index in [0.29, 0.717) is 19.3 Å². The zero-order valence-corrected chi connectivity index (χ0v) is 43.4. The van der Waals surface area contributed by atoms with Gasteiger partial charge in [-0.2, -0.15) is 0 Å². The molecule has 63 heavy (non-hydrogen) atoms. The van der Waals surface area contributed by atoms with Crippen molar-refractivity contribution in [3.63, 3.8) is 0 Å². The topological polar surface area (TPSA) is 78.9 Å². The highest BCUT2D eigenvalue weighted by molar-refractivity contribution is 5.71. The van der Waals surface area contributed by atoms with Crippen molar-refractivity contribution in [2.75, 3.05) is 13.2 Å². The second-order valence-corrected chi connectivity index (χ2v) is 20.5. The van der Waals surface area contributed by atoms with E-state index < -0.39 is 6.10 Å². The van der Waals surface area contributed by atoms with Crippen molar-refractivity contribution >= 4 is 17.9 Å². The molecule has 2 unspecified atom stereocenters. The molecule has 374 valence electrons. The second-order valence-electron chi connectivity index (χ2n) is 20.5. The number of carbonyl (C=O) groups is 3. The zero-order chi connectivity index (χ0) is 46.3. The largest absolute Gasteiger partial charge is 0.462 e. The van der Waals surface area contributed by atoms with Crippen LogP contribution in [0.3, 0.4) is 0 Å². The predicted molar refractivity (Wildman–Crippen MR) is 270 cm³/mol. The number of hydrogen-bond donors (Lipinski definition) is 0. The van der Waals surface area contributed by atoms with Crippen LogP contribution in [0.2, 0.25) is 0 Å². The highest BCUT2D eigenvalue weighted by Gasteiger charge is 2.19. The summed E-state index contributed by atoms with van der Waals surface area (Å²) in [7, 11) is 0. The van der Waals surface area contributed by atoms with Crippen molar-refractivity contribution < 1.29 is 28.6 Å². The van der Waals surface area contributed by atoms with Crippen molar-refractivity contribution in [1.29, 1.82) is 0 Å². The van der Waals surface area contributed by atoms with E-state index in [9.17, 15) is 14.4 Å². The van der Waals surface area contributed by atoms with E-state index in [1.54, 1.807) is 0 Å². The van der Waals surface area contributed by atoms with Crippen LogP contribution in [0.25, 0.3) is 0 Å². The molecule has 0 aliphatic heterocycles. The summed E-state index contributed by atoms with van der Waals surface area (Å²) in [6, 6.07) is 0. The molecule has 6 nitrogen and oxygen atoms in total. The van der Waals surface area contributed by atoms with E-state index in [1.807, 2.05) is 0 Å². The molecule has 6 heteroatoms. The molecule has 0 rings (SSSR count). The highest BCUT2D eigenvalue weighted by atomic mass is 16.6. The molecular weight excluding hydrogens is 781 g/mol. The summed E-state index contributed by atoms with van der Waals surface area (Å²) >= 11 is 0. The van der Waals surface area contributed by atoms with Gasteiger partial charge < -0.3 is 14.2 Å². The van der Waals surface area contributed by atoms with Crippen LogP contribution in [0.5, 0.6) is 0 Å². The van der Waals surface area contributed by atoms with Gasteiger partial charge in [-0.15, -0.1) is 0 Å². The fourth-order valence-electron chi connectivity index (χ4n) is 8.58. The molecule has 0 aliphatic rings. The van der Waals surface area contributed by atoms with E-state index in [4.69, 9.17) is 14.2 Å². The molecule has 0 aromatic carbocycles. The maximum atomic E-state index is 12.8. The Morgan fingerprint density at radius 1 is 0.317 bits per heavy atom. The summed E-state index contributed by atoms with van der Waals surface area (Å²) < 4.78 is 16.9. The molecule has 0 aromatic rings. The fraction of sp³-hybridized carbons (Fsp3) is 0.947. The lowest BCUT2D eigenvalue weighted by Gasteiger charge is -2.18. The Hall–Kier alpha value is -1.59. The van der Waals surface area contributed by atoms with E-state index >= 15 is 0 Å². The number of ether oxygens (including phenoxy) is 3. The van der Waals surface area contributed by atoms with Crippen LogP contribution in [-0.2, 0) is 28.6 Å². The van der Waals surface area contributed by atoms with Gasteiger partial charge in [0.25, 0.3) is 0 Å². The lowest BCUT2D eigenvalue weighted by Crippen LogP contribution is -2.30. The minimum absolute atomic E-state index is 0.0643. The van der Waals surface area contributed by atoms with Gasteiger partial charge in [0.1, 0.15) is 13.2 Å². The molecule has 0 fully saturated rings. The Bertz CT molecular complexity index is 980.